The molecule has 3 saturated carbocycles. The predicted molar refractivity (Wildman–Crippen MR) is 90.8 cm³/mol. The van der Waals surface area contributed by atoms with Crippen LogP contribution in [0.5, 0.6) is 0 Å². The summed E-state index contributed by atoms with van der Waals surface area (Å²) >= 11 is 6.02. The summed E-state index contributed by atoms with van der Waals surface area (Å²) in [5.74, 6) is -0.128. The molecule has 6 heteroatoms. The fraction of sp³-hybridized carbons (Fsp3) is 0.556. The highest BCUT2D eigenvalue weighted by Gasteiger charge is 2.60. The first-order valence-corrected chi connectivity index (χ1v) is 8.73. The minimum atomic E-state index is -0.491. The van der Waals surface area contributed by atoms with Crippen molar-refractivity contribution in [2.45, 2.75) is 38.3 Å². The molecule has 1 heterocycles. The van der Waals surface area contributed by atoms with E-state index in [0.717, 1.165) is 31.4 Å². The third kappa shape index (κ3) is 2.14. The maximum atomic E-state index is 12.7. The third-order valence-corrected chi connectivity index (χ3v) is 6.45. The molecule has 1 aromatic carbocycles. The lowest BCUT2D eigenvalue weighted by Crippen LogP contribution is -2.69. The number of carbonyl (C=O) groups is 2. The van der Waals surface area contributed by atoms with Crippen molar-refractivity contribution in [2.24, 2.45) is 17.3 Å². The van der Waals surface area contributed by atoms with Gasteiger partial charge >= 0.3 is 5.97 Å². The van der Waals surface area contributed by atoms with Crippen LogP contribution in [0.2, 0.25) is 5.02 Å². The van der Waals surface area contributed by atoms with Crippen molar-refractivity contribution in [3.05, 3.63) is 28.8 Å². The van der Waals surface area contributed by atoms with E-state index in [2.05, 4.69) is 17.6 Å². The molecule has 4 aliphatic rings. The first-order chi connectivity index (χ1) is 11.4. The van der Waals surface area contributed by atoms with Gasteiger partial charge < -0.3 is 15.4 Å². The van der Waals surface area contributed by atoms with Gasteiger partial charge in [0.2, 0.25) is 0 Å². The second-order valence-electron chi connectivity index (χ2n) is 7.62. The highest BCUT2D eigenvalue weighted by atomic mass is 35.5. The Balaban J connectivity index is 1.70. The number of fused-ring (bicyclic) bond motifs is 3. The Labute approximate surface area is 146 Å². The minimum Gasteiger partial charge on any atom is -0.469 e. The second kappa shape index (κ2) is 5.12. The van der Waals surface area contributed by atoms with Crippen molar-refractivity contribution < 1.29 is 14.3 Å². The molecule has 2 bridgehead atoms. The molecule has 0 saturated heterocycles. The van der Waals surface area contributed by atoms with Crippen LogP contribution in [0.25, 0.3) is 0 Å². The van der Waals surface area contributed by atoms with Crippen LogP contribution in [-0.4, -0.2) is 24.6 Å². The Morgan fingerprint density at radius 1 is 1.38 bits per heavy atom. The lowest BCUT2D eigenvalue weighted by atomic mass is 9.51. The standard InChI is InChI=1S/C18H21ClN2O3/c1-17-6-5-10(7-13(17)16(23)24-2)18(9-17)20-14-4-3-11(19)8-12(14)15(22)21-18/h3-4,8,10,13,20H,5-7,9H2,1-2H3,(H,21,22)/t10-,13-,17-,18-/m1/s1. The Bertz CT molecular complexity index is 737. The van der Waals surface area contributed by atoms with Gasteiger partial charge in [-0.2, -0.15) is 0 Å². The van der Waals surface area contributed by atoms with Crippen LogP contribution in [0.1, 0.15) is 43.0 Å². The molecule has 3 fully saturated rings. The summed E-state index contributed by atoms with van der Waals surface area (Å²) < 4.78 is 5.01. The van der Waals surface area contributed by atoms with Crippen molar-refractivity contribution in [3.8, 4) is 0 Å². The Hall–Kier alpha value is -1.75. The summed E-state index contributed by atoms with van der Waals surface area (Å²) in [7, 11) is 1.45. The molecule has 1 aliphatic heterocycles. The van der Waals surface area contributed by atoms with E-state index >= 15 is 0 Å². The average molecular weight is 349 g/mol. The first kappa shape index (κ1) is 15.8. The minimum absolute atomic E-state index is 0.0998. The zero-order chi connectivity index (χ0) is 17.1. The van der Waals surface area contributed by atoms with Crippen LogP contribution in [0.15, 0.2) is 18.2 Å². The number of nitrogens with one attached hydrogen (secondary N) is 2. The number of carbonyl (C=O) groups excluding carboxylic acids is 2. The SMILES string of the molecule is COC(=O)[C@H]1C[C@H]2CC[C@]1(C)C[C@@]21NC(=O)c2cc(Cl)ccc2N1. The van der Waals surface area contributed by atoms with Crippen LogP contribution < -0.4 is 10.6 Å². The Morgan fingerprint density at radius 3 is 2.88 bits per heavy atom. The van der Waals surface area contributed by atoms with Gasteiger partial charge in [-0.05, 0) is 49.3 Å². The molecule has 0 radical (unpaired) electrons. The van der Waals surface area contributed by atoms with Crippen LogP contribution in [-0.2, 0) is 9.53 Å². The largest absolute Gasteiger partial charge is 0.469 e. The molecule has 1 amide bonds. The number of rotatable bonds is 1. The number of hydrogen-bond acceptors (Lipinski definition) is 4. The van der Waals surface area contributed by atoms with Gasteiger partial charge in [0.15, 0.2) is 0 Å². The zero-order valence-electron chi connectivity index (χ0n) is 13.8. The van der Waals surface area contributed by atoms with Crippen molar-refractivity contribution in [1.82, 2.24) is 5.32 Å². The summed E-state index contributed by atoms with van der Waals surface area (Å²) in [5.41, 5.74) is 0.722. The molecule has 0 unspecified atom stereocenters. The summed E-state index contributed by atoms with van der Waals surface area (Å²) in [5, 5.41) is 7.30. The summed E-state index contributed by atoms with van der Waals surface area (Å²) in [4.78, 5) is 24.9. The van der Waals surface area contributed by atoms with Gasteiger partial charge in [0.25, 0.3) is 5.91 Å². The Morgan fingerprint density at radius 2 is 2.17 bits per heavy atom. The van der Waals surface area contributed by atoms with Gasteiger partial charge in [0.1, 0.15) is 5.66 Å². The quantitative estimate of drug-likeness (QED) is 0.765. The maximum absolute atomic E-state index is 12.7. The fourth-order valence-electron chi connectivity index (χ4n) is 4.98. The molecule has 4 atom stereocenters. The molecule has 0 aromatic heterocycles. The van der Waals surface area contributed by atoms with Gasteiger partial charge in [-0.25, -0.2) is 0 Å². The molecule has 1 aromatic rings. The van der Waals surface area contributed by atoms with Gasteiger partial charge in [0, 0.05) is 16.6 Å². The number of hydrogen-bond donors (Lipinski definition) is 2. The average Bonchev–Trinajstić information content (AvgIpc) is 2.54. The van der Waals surface area contributed by atoms with Crippen LogP contribution in [0.3, 0.4) is 0 Å². The van der Waals surface area contributed by atoms with Gasteiger partial charge in [-0.1, -0.05) is 18.5 Å². The number of methoxy groups -OCH3 is 1. The third-order valence-electron chi connectivity index (χ3n) is 6.21. The molecular formula is C18H21ClN2O3. The number of amides is 1. The van der Waals surface area contributed by atoms with Gasteiger partial charge in [-0.3, -0.25) is 9.59 Å². The normalized spacial score (nSPS) is 36.7. The summed E-state index contributed by atoms with van der Waals surface area (Å²) in [6.07, 6.45) is 3.42. The van der Waals surface area contributed by atoms with Gasteiger partial charge in [-0.15, -0.1) is 0 Å². The van der Waals surface area contributed by atoms with E-state index in [4.69, 9.17) is 16.3 Å². The fourth-order valence-corrected chi connectivity index (χ4v) is 5.15. The highest BCUT2D eigenvalue weighted by Crippen LogP contribution is 2.58. The van der Waals surface area contributed by atoms with E-state index in [1.54, 1.807) is 12.1 Å². The predicted octanol–water partition coefficient (Wildman–Crippen LogP) is 3.19. The van der Waals surface area contributed by atoms with Crippen LogP contribution >= 0.6 is 11.6 Å². The lowest BCUT2D eigenvalue weighted by Gasteiger charge is -2.60. The maximum Gasteiger partial charge on any atom is 0.309 e. The summed E-state index contributed by atoms with van der Waals surface area (Å²) in [6, 6.07) is 5.34. The molecule has 24 heavy (non-hydrogen) atoms. The van der Waals surface area contributed by atoms with E-state index in [1.807, 2.05) is 6.07 Å². The molecular weight excluding hydrogens is 328 g/mol. The highest BCUT2D eigenvalue weighted by molar-refractivity contribution is 6.31. The number of ether oxygens (including phenoxy) is 1. The zero-order valence-corrected chi connectivity index (χ0v) is 14.6. The van der Waals surface area contributed by atoms with Crippen LogP contribution in [0.4, 0.5) is 5.69 Å². The van der Waals surface area contributed by atoms with E-state index in [1.165, 1.54) is 7.11 Å². The molecule has 128 valence electrons. The van der Waals surface area contributed by atoms with Crippen molar-refractivity contribution in [2.75, 3.05) is 12.4 Å². The molecule has 1 spiro atoms. The van der Waals surface area contributed by atoms with E-state index < -0.39 is 5.66 Å². The van der Waals surface area contributed by atoms with E-state index in [-0.39, 0.29) is 29.1 Å². The number of esters is 1. The first-order valence-electron chi connectivity index (χ1n) is 8.35. The van der Waals surface area contributed by atoms with E-state index in [0.29, 0.717) is 10.6 Å². The smallest absolute Gasteiger partial charge is 0.309 e. The van der Waals surface area contributed by atoms with Crippen molar-refractivity contribution in [3.63, 3.8) is 0 Å². The monoisotopic (exact) mass is 348 g/mol. The van der Waals surface area contributed by atoms with Gasteiger partial charge in [0.05, 0.1) is 18.6 Å². The number of benzene rings is 1. The molecule has 5 nitrogen and oxygen atoms in total. The molecule has 3 aliphatic carbocycles. The van der Waals surface area contributed by atoms with E-state index in [9.17, 15) is 9.59 Å². The number of halogens is 1. The molecule has 2 N–H and O–H groups in total. The van der Waals surface area contributed by atoms with Crippen LogP contribution in [0, 0.1) is 17.3 Å². The lowest BCUT2D eigenvalue weighted by molar-refractivity contribution is -0.160. The summed E-state index contributed by atoms with van der Waals surface area (Å²) in [6.45, 7) is 2.14. The van der Waals surface area contributed by atoms with Crippen molar-refractivity contribution in [1.29, 1.82) is 0 Å². The van der Waals surface area contributed by atoms with Crippen molar-refractivity contribution >= 4 is 29.2 Å². The molecule has 5 rings (SSSR count). The number of anilines is 1. The topological polar surface area (TPSA) is 67.4 Å². The Kier molecular flexibility index (Phi) is 3.36. The second-order valence-corrected chi connectivity index (χ2v) is 8.05.